The third kappa shape index (κ3) is 5.10. The smallest absolute Gasteiger partial charge is 0.0766 e. The highest BCUT2D eigenvalue weighted by Crippen LogP contribution is 2.16. The third-order valence-electron chi connectivity index (χ3n) is 4.82. The molecule has 1 aliphatic heterocycles. The van der Waals surface area contributed by atoms with E-state index in [0.717, 1.165) is 26.1 Å². The van der Waals surface area contributed by atoms with E-state index in [-0.39, 0.29) is 5.92 Å². The molecule has 21 heavy (non-hydrogen) atoms. The second-order valence-electron chi connectivity index (χ2n) is 6.91. The Morgan fingerprint density at radius 3 is 2.71 bits per heavy atom. The van der Waals surface area contributed by atoms with Gasteiger partial charge >= 0.3 is 0 Å². The lowest BCUT2D eigenvalue weighted by atomic mass is 9.92. The average molecular weight is 290 g/mol. The van der Waals surface area contributed by atoms with Crippen LogP contribution in [0.2, 0.25) is 0 Å². The zero-order valence-corrected chi connectivity index (χ0v) is 13.7. The van der Waals surface area contributed by atoms with Crippen LogP contribution in [0.1, 0.15) is 32.8 Å². The minimum absolute atomic E-state index is 0.278. The van der Waals surface area contributed by atoms with E-state index in [1.54, 1.807) is 0 Å². The molecule has 1 aromatic carbocycles. The van der Waals surface area contributed by atoms with Crippen molar-refractivity contribution in [1.82, 2.24) is 10.2 Å². The zero-order valence-electron chi connectivity index (χ0n) is 13.7. The summed E-state index contributed by atoms with van der Waals surface area (Å²) in [4.78, 5) is 2.52. The van der Waals surface area contributed by atoms with Crippen LogP contribution in [0.15, 0.2) is 30.3 Å². The monoisotopic (exact) mass is 290 g/mol. The van der Waals surface area contributed by atoms with Gasteiger partial charge in [-0.1, -0.05) is 44.2 Å². The van der Waals surface area contributed by atoms with Crippen LogP contribution in [-0.4, -0.2) is 47.8 Å². The highest BCUT2D eigenvalue weighted by molar-refractivity contribution is 5.14. The van der Waals surface area contributed by atoms with Crippen molar-refractivity contribution in [2.24, 2.45) is 5.92 Å². The van der Waals surface area contributed by atoms with Crippen LogP contribution in [0.3, 0.4) is 0 Å². The Balaban J connectivity index is 1.69. The fourth-order valence-electron chi connectivity index (χ4n) is 2.69. The molecule has 0 saturated carbocycles. The minimum Gasteiger partial charge on any atom is -0.389 e. The summed E-state index contributed by atoms with van der Waals surface area (Å²) in [6.07, 6.45) is 2.31. The molecule has 0 aromatic heterocycles. The van der Waals surface area contributed by atoms with E-state index in [9.17, 15) is 5.11 Å². The van der Waals surface area contributed by atoms with Gasteiger partial charge in [0.15, 0.2) is 0 Å². The summed E-state index contributed by atoms with van der Waals surface area (Å²) < 4.78 is 0. The standard InChI is InChI=1S/C18H30N2O/c1-15(2)18(3,21)14-19-17-10-12-20(13-17)11-9-16-7-5-4-6-8-16/h4-8,15,17,19,21H,9-14H2,1-3H3. The van der Waals surface area contributed by atoms with Gasteiger partial charge in [-0.15, -0.1) is 0 Å². The molecule has 1 aromatic rings. The fourth-order valence-corrected chi connectivity index (χ4v) is 2.69. The molecule has 2 rings (SSSR count). The number of nitrogens with one attached hydrogen (secondary N) is 1. The van der Waals surface area contributed by atoms with Gasteiger partial charge in [0.25, 0.3) is 0 Å². The SMILES string of the molecule is CC(C)C(C)(O)CNC1CCN(CCc2ccccc2)C1. The van der Waals surface area contributed by atoms with Crippen LogP contribution in [0.4, 0.5) is 0 Å². The van der Waals surface area contributed by atoms with E-state index in [0.29, 0.717) is 12.6 Å². The van der Waals surface area contributed by atoms with Crippen molar-refractivity contribution in [3.63, 3.8) is 0 Å². The Labute approximate surface area is 129 Å². The molecule has 2 unspecified atom stereocenters. The maximum absolute atomic E-state index is 10.3. The first-order valence-electron chi connectivity index (χ1n) is 8.19. The second-order valence-corrected chi connectivity index (χ2v) is 6.91. The quantitative estimate of drug-likeness (QED) is 0.809. The molecular formula is C18H30N2O. The van der Waals surface area contributed by atoms with Crippen molar-refractivity contribution in [2.75, 3.05) is 26.2 Å². The first-order chi connectivity index (χ1) is 9.97. The van der Waals surface area contributed by atoms with Crippen molar-refractivity contribution < 1.29 is 5.11 Å². The maximum Gasteiger partial charge on any atom is 0.0766 e. The lowest BCUT2D eigenvalue weighted by molar-refractivity contribution is 0.0120. The molecule has 0 radical (unpaired) electrons. The van der Waals surface area contributed by atoms with Gasteiger partial charge in [-0.2, -0.15) is 0 Å². The van der Waals surface area contributed by atoms with Crippen molar-refractivity contribution in [2.45, 2.75) is 45.3 Å². The first-order valence-corrected chi connectivity index (χ1v) is 8.19. The van der Waals surface area contributed by atoms with E-state index in [4.69, 9.17) is 0 Å². The van der Waals surface area contributed by atoms with Crippen molar-refractivity contribution >= 4 is 0 Å². The molecule has 0 aliphatic carbocycles. The number of hydrogen-bond donors (Lipinski definition) is 2. The largest absolute Gasteiger partial charge is 0.389 e. The van der Waals surface area contributed by atoms with Crippen molar-refractivity contribution in [3.05, 3.63) is 35.9 Å². The second kappa shape index (κ2) is 7.39. The molecule has 3 heteroatoms. The van der Waals surface area contributed by atoms with Crippen molar-refractivity contribution in [1.29, 1.82) is 0 Å². The molecule has 2 atom stereocenters. The van der Waals surface area contributed by atoms with Crippen LogP contribution in [0.5, 0.6) is 0 Å². The predicted molar refractivity (Wildman–Crippen MR) is 88.5 cm³/mol. The Bertz CT molecular complexity index is 416. The number of nitrogens with zero attached hydrogens (tertiary/aromatic N) is 1. The van der Waals surface area contributed by atoms with E-state index in [1.807, 2.05) is 6.92 Å². The number of hydrogen-bond acceptors (Lipinski definition) is 3. The molecule has 0 amide bonds. The average Bonchev–Trinajstić information content (AvgIpc) is 2.92. The molecule has 2 N–H and O–H groups in total. The van der Waals surface area contributed by atoms with Gasteiger partial charge in [0, 0.05) is 25.7 Å². The number of rotatable bonds is 7. The fraction of sp³-hybridized carbons (Fsp3) is 0.667. The Morgan fingerprint density at radius 1 is 1.33 bits per heavy atom. The summed E-state index contributed by atoms with van der Waals surface area (Å²) in [6, 6.07) is 11.2. The summed E-state index contributed by atoms with van der Waals surface area (Å²) in [5.74, 6) is 0.278. The van der Waals surface area contributed by atoms with Crippen LogP contribution in [-0.2, 0) is 6.42 Å². The van der Waals surface area contributed by atoms with E-state index < -0.39 is 5.60 Å². The van der Waals surface area contributed by atoms with Gasteiger partial charge in [0.05, 0.1) is 5.60 Å². The van der Waals surface area contributed by atoms with Gasteiger partial charge in [-0.3, -0.25) is 0 Å². The lowest BCUT2D eigenvalue weighted by Crippen LogP contribution is -2.46. The van der Waals surface area contributed by atoms with Gasteiger partial charge in [-0.05, 0) is 37.8 Å². The molecule has 1 heterocycles. The lowest BCUT2D eigenvalue weighted by Gasteiger charge is -2.29. The molecule has 1 fully saturated rings. The summed E-state index contributed by atoms with van der Waals surface area (Å²) >= 11 is 0. The minimum atomic E-state index is -0.614. The van der Waals surface area contributed by atoms with Crippen LogP contribution < -0.4 is 5.32 Å². The van der Waals surface area contributed by atoms with Gasteiger partial charge in [0.1, 0.15) is 0 Å². The Hall–Kier alpha value is -0.900. The summed E-state index contributed by atoms with van der Waals surface area (Å²) in [5, 5.41) is 13.8. The first kappa shape index (κ1) is 16.5. The topological polar surface area (TPSA) is 35.5 Å². The number of aliphatic hydroxyl groups is 1. The van der Waals surface area contributed by atoms with Gasteiger partial charge < -0.3 is 15.3 Å². The normalized spacial score (nSPS) is 22.6. The van der Waals surface area contributed by atoms with Gasteiger partial charge in [0.2, 0.25) is 0 Å². The van der Waals surface area contributed by atoms with E-state index in [2.05, 4.69) is 54.4 Å². The molecular weight excluding hydrogens is 260 g/mol. The van der Waals surface area contributed by atoms with Crippen LogP contribution in [0.25, 0.3) is 0 Å². The molecule has 3 nitrogen and oxygen atoms in total. The van der Waals surface area contributed by atoms with E-state index in [1.165, 1.54) is 12.0 Å². The highest BCUT2D eigenvalue weighted by Gasteiger charge is 2.28. The van der Waals surface area contributed by atoms with Crippen LogP contribution >= 0.6 is 0 Å². The summed E-state index contributed by atoms with van der Waals surface area (Å²) in [6.45, 7) is 10.1. The Kier molecular flexibility index (Phi) is 5.80. The number of benzene rings is 1. The van der Waals surface area contributed by atoms with E-state index >= 15 is 0 Å². The molecule has 1 aliphatic rings. The molecule has 0 bridgehead atoms. The number of likely N-dealkylation sites (tertiary alicyclic amines) is 1. The summed E-state index contributed by atoms with van der Waals surface area (Å²) in [5.41, 5.74) is 0.800. The zero-order chi connectivity index (χ0) is 15.3. The van der Waals surface area contributed by atoms with Crippen LogP contribution in [0, 0.1) is 5.92 Å². The molecule has 1 saturated heterocycles. The third-order valence-corrected chi connectivity index (χ3v) is 4.82. The molecule has 0 spiro atoms. The van der Waals surface area contributed by atoms with Gasteiger partial charge in [-0.25, -0.2) is 0 Å². The predicted octanol–water partition coefficient (Wildman–Crippen LogP) is 2.30. The summed E-state index contributed by atoms with van der Waals surface area (Å²) in [7, 11) is 0. The maximum atomic E-state index is 10.3. The molecule has 118 valence electrons. The Morgan fingerprint density at radius 2 is 2.05 bits per heavy atom. The van der Waals surface area contributed by atoms with Crippen molar-refractivity contribution in [3.8, 4) is 0 Å². The highest BCUT2D eigenvalue weighted by atomic mass is 16.3.